The fourth-order valence-corrected chi connectivity index (χ4v) is 2.97. The highest BCUT2D eigenvalue weighted by molar-refractivity contribution is 5.61. The summed E-state index contributed by atoms with van der Waals surface area (Å²) < 4.78 is 11.4. The molecule has 6 heteroatoms. The molecule has 6 nitrogen and oxygen atoms in total. The van der Waals surface area contributed by atoms with Crippen LogP contribution in [0.15, 0.2) is 24.3 Å². The zero-order valence-corrected chi connectivity index (χ0v) is 14.5. The van der Waals surface area contributed by atoms with Crippen molar-refractivity contribution >= 4 is 11.5 Å². The van der Waals surface area contributed by atoms with Crippen LogP contribution in [0.1, 0.15) is 25.0 Å². The van der Waals surface area contributed by atoms with Gasteiger partial charge in [0, 0.05) is 30.1 Å². The zero-order valence-electron chi connectivity index (χ0n) is 14.5. The first-order valence-corrected chi connectivity index (χ1v) is 8.57. The summed E-state index contributed by atoms with van der Waals surface area (Å²) in [6.45, 7) is 6.23. The van der Waals surface area contributed by atoms with E-state index in [1.54, 1.807) is 7.11 Å². The lowest BCUT2D eigenvalue weighted by Gasteiger charge is -2.16. The predicted octanol–water partition coefficient (Wildman–Crippen LogP) is 3.34. The molecule has 2 heterocycles. The summed E-state index contributed by atoms with van der Waals surface area (Å²) in [4.78, 5) is 2.50. The van der Waals surface area contributed by atoms with Crippen LogP contribution in [-0.4, -0.2) is 48.4 Å². The van der Waals surface area contributed by atoms with E-state index in [-0.39, 0.29) is 0 Å². The fourth-order valence-electron chi connectivity index (χ4n) is 2.97. The third kappa shape index (κ3) is 4.41. The van der Waals surface area contributed by atoms with Gasteiger partial charge in [0.15, 0.2) is 17.3 Å². The van der Waals surface area contributed by atoms with Crippen LogP contribution in [0, 0.1) is 6.92 Å². The van der Waals surface area contributed by atoms with Gasteiger partial charge in [-0.2, -0.15) is 5.10 Å². The predicted molar refractivity (Wildman–Crippen MR) is 95.4 cm³/mol. The molecule has 0 atom stereocenters. The number of anilines is 2. The Balaban J connectivity index is 1.56. The molecule has 1 aliphatic heterocycles. The molecule has 1 aliphatic rings. The highest BCUT2D eigenvalue weighted by Crippen LogP contribution is 2.31. The third-order valence-corrected chi connectivity index (χ3v) is 4.22. The maximum atomic E-state index is 5.95. The number of rotatable bonds is 8. The van der Waals surface area contributed by atoms with E-state index in [2.05, 4.69) is 20.4 Å². The lowest BCUT2D eigenvalue weighted by Crippen LogP contribution is -2.21. The van der Waals surface area contributed by atoms with Gasteiger partial charge in [0.1, 0.15) is 0 Å². The number of ether oxygens (including phenoxy) is 2. The number of aryl methyl sites for hydroxylation is 1. The first-order chi connectivity index (χ1) is 11.7. The van der Waals surface area contributed by atoms with Gasteiger partial charge < -0.3 is 19.7 Å². The van der Waals surface area contributed by atoms with E-state index >= 15 is 0 Å². The Morgan fingerprint density at radius 3 is 2.75 bits per heavy atom. The number of likely N-dealkylation sites (tertiary alicyclic amines) is 1. The standard InChI is InChI=1S/C18H26N4O2/c1-14-12-18(21-20-14)19-15-6-7-16(23-2)17(13-15)24-11-5-10-22-8-3-4-9-22/h6-7,12-13H,3-5,8-11H2,1-2H3,(H2,19,20,21). The second-order valence-electron chi connectivity index (χ2n) is 6.18. The van der Waals surface area contributed by atoms with Crippen molar-refractivity contribution in [2.45, 2.75) is 26.2 Å². The largest absolute Gasteiger partial charge is 0.493 e. The zero-order chi connectivity index (χ0) is 16.8. The van der Waals surface area contributed by atoms with Crippen molar-refractivity contribution in [3.05, 3.63) is 30.0 Å². The molecule has 1 aromatic carbocycles. The van der Waals surface area contributed by atoms with Crippen molar-refractivity contribution in [2.24, 2.45) is 0 Å². The van der Waals surface area contributed by atoms with Gasteiger partial charge in [-0.1, -0.05) is 0 Å². The molecule has 130 valence electrons. The van der Waals surface area contributed by atoms with Crippen molar-refractivity contribution in [2.75, 3.05) is 38.7 Å². The van der Waals surface area contributed by atoms with E-state index < -0.39 is 0 Å². The van der Waals surface area contributed by atoms with E-state index in [1.165, 1.54) is 25.9 Å². The van der Waals surface area contributed by atoms with Gasteiger partial charge in [-0.05, 0) is 51.4 Å². The Morgan fingerprint density at radius 2 is 2.04 bits per heavy atom. The molecule has 0 amide bonds. The number of nitrogens with zero attached hydrogens (tertiary/aromatic N) is 2. The second-order valence-corrected chi connectivity index (χ2v) is 6.18. The summed E-state index contributed by atoms with van der Waals surface area (Å²) in [5.41, 5.74) is 1.95. The van der Waals surface area contributed by atoms with Crippen LogP contribution in [0.3, 0.4) is 0 Å². The van der Waals surface area contributed by atoms with E-state index in [4.69, 9.17) is 9.47 Å². The lowest BCUT2D eigenvalue weighted by molar-refractivity contribution is 0.254. The van der Waals surface area contributed by atoms with Crippen molar-refractivity contribution < 1.29 is 9.47 Å². The molecule has 0 spiro atoms. The molecular formula is C18H26N4O2. The molecule has 2 N–H and O–H groups in total. The molecular weight excluding hydrogens is 304 g/mol. The van der Waals surface area contributed by atoms with E-state index in [0.29, 0.717) is 6.61 Å². The number of H-pyrrole nitrogens is 1. The summed E-state index contributed by atoms with van der Waals surface area (Å²) in [6, 6.07) is 7.79. The van der Waals surface area contributed by atoms with Gasteiger partial charge in [0.2, 0.25) is 0 Å². The van der Waals surface area contributed by atoms with Crippen molar-refractivity contribution in [3.8, 4) is 11.5 Å². The van der Waals surface area contributed by atoms with Gasteiger partial charge in [0.25, 0.3) is 0 Å². The monoisotopic (exact) mass is 330 g/mol. The van der Waals surface area contributed by atoms with Crippen LogP contribution >= 0.6 is 0 Å². The maximum absolute atomic E-state index is 5.95. The molecule has 1 fully saturated rings. The maximum Gasteiger partial charge on any atom is 0.163 e. The van der Waals surface area contributed by atoms with Gasteiger partial charge in [0.05, 0.1) is 13.7 Å². The average molecular weight is 330 g/mol. The minimum Gasteiger partial charge on any atom is -0.493 e. The molecule has 0 bridgehead atoms. The molecule has 0 radical (unpaired) electrons. The minimum atomic E-state index is 0.692. The molecule has 2 aromatic rings. The SMILES string of the molecule is COc1ccc(Nc2cc(C)[nH]n2)cc1OCCCN1CCCC1. The highest BCUT2D eigenvalue weighted by Gasteiger charge is 2.11. The number of aromatic nitrogens is 2. The Kier molecular flexibility index (Phi) is 5.59. The summed E-state index contributed by atoms with van der Waals surface area (Å²) in [7, 11) is 1.66. The van der Waals surface area contributed by atoms with Crippen LogP contribution in [0.25, 0.3) is 0 Å². The Bertz CT molecular complexity index is 650. The van der Waals surface area contributed by atoms with Crippen LogP contribution in [0.2, 0.25) is 0 Å². The number of hydrogen-bond acceptors (Lipinski definition) is 5. The molecule has 0 saturated carbocycles. The van der Waals surface area contributed by atoms with Crippen LogP contribution in [0.4, 0.5) is 11.5 Å². The molecule has 0 aliphatic carbocycles. The fraction of sp³-hybridized carbons (Fsp3) is 0.500. The number of benzene rings is 1. The minimum absolute atomic E-state index is 0.692. The number of methoxy groups -OCH3 is 1. The van der Waals surface area contributed by atoms with Crippen LogP contribution < -0.4 is 14.8 Å². The molecule has 3 rings (SSSR count). The topological polar surface area (TPSA) is 62.4 Å². The van der Waals surface area contributed by atoms with Crippen LogP contribution in [0.5, 0.6) is 11.5 Å². The summed E-state index contributed by atoms with van der Waals surface area (Å²) in [5.74, 6) is 2.30. The third-order valence-electron chi connectivity index (χ3n) is 4.22. The lowest BCUT2D eigenvalue weighted by atomic mass is 10.2. The molecule has 1 aromatic heterocycles. The Morgan fingerprint density at radius 1 is 1.21 bits per heavy atom. The summed E-state index contributed by atoms with van der Waals surface area (Å²) in [6.07, 6.45) is 3.68. The average Bonchev–Trinajstić information content (AvgIpc) is 3.24. The van der Waals surface area contributed by atoms with Gasteiger partial charge in [-0.25, -0.2) is 0 Å². The number of hydrogen-bond donors (Lipinski definition) is 2. The molecule has 1 saturated heterocycles. The van der Waals surface area contributed by atoms with Crippen molar-refractivity contribution in [1.29, 1.82) is 0 Å². The van der Waals surface area contributed by atoms with E-state index in [9.17, 15) is 0 Å². The van der Waals surface area contributed by atoms with E-state index in [1.807, 2.05) is 31.2 Å². The van der Waals surface area contributed by atoms with E-state index in [0.717, 1.165) is 41.7 Å². The summed E-state index contributed by atoms with van der Waals surface area (Å²) in [5, 5.41) is 10.4. The first-order valence-electron chi connectivity index (χ1n) is 8.57. The Labute approximate surface area is 143 Å². The van der Waals surface area contributed by atoms with Crippen molar-refractivity contribution in [1.82, 2.24) is 15.1 Å². The second kappa shape index (κ2) is 8.06. The van der Waals surface area contributed by atoms with Crippen LogP contribution in [-0.2, 0) is 0 Å². The van der Waals surface area contributed by atoms with Gasteiger partial charge >= 0.3 is 0 Å². The number of nitrogens with one attached hydrogen (secondary N) is 2. The van der Waals surface area contributed by atoms with Gasteiger partial charge in [-0.15, -0.1) is 0 Å². The first kappa shape index (κ1) is 16.6. The normalized spacial score (nSPS) is 14.8. The molecule has 24 heavy (non-hydrogen) atoms. The smallest absolute Gasteiger partial charge is 0.163 e. The quantitative estimate of drug-likeness (QED) is 0.727. The Hall–Kier alpha value is -2.21. The summed E-state index contributed by atoms with van der Waals surface area (Å²) >= 11 is 0. The highest BCUT2D eigenvalue weighted by atomic mass is 16.5. The van der Waals surface area contributed by atoms with Crippen molar-refractivity contribution in [3.63, 3.8) is 0 Å². The molecule has 0 unspecified atom stereocenters. The number of aromatic amines is 1. The van der Waals surface area contributed by atoms with Gasteiger partial charge in [-0.3, -0.25) is 5.10 Å².